The van der Waals surface area contributed by atoms with Gasteiger partial charge in [0.25, 0.3) is 11.8 Å². The van der Waals surface area contributed by atoms with E-state index in [4.69, 9.17) is 11.6 Å². The van der Waals surface area contributed by atoms with Gasteiger partial charge in [-0.25, -0.2) is 4.39 Å². The number of amides is 2. The minimum Gasteiger partial charge on any atom is -0.406 e. The van der Waals surface area contributed by atoms with Gasteiger partial charge in [-0.05, 0) is 54.6 Å². The lowest BCUT2D eigenvalue weighted by Gasteiger charge is -2.18. The zero-order chi connectivity index (χ0) is 23.9. The quantitative estimate of drug-likeness (QED) is 0.384. The van der Waals surface area contributed by atoms with Crippen LogP contribution in [0.15, 0.2) is 59.1 Å². The number of halogens is 6. The number of nitrogens with one attached hydrogen (secondary N) is 2. The predicted octanol–water partition coefficient (Wildman–Crippen LogP) is 6.23. The molecular formula is C22H12BrClF4N2O3. The molecule has 33 heavy (non-hydrogen) atoms. The van der Waals surface area contributed by atoms with E-state index in [1.807, 2.05) is 0 Å². The number of alkyl halides is 3. The number of carbonyl (C=O) groups excluding carboxylic acids is 2. The van der Waals surface area contributed by atoms with Gasteiger partial charge in [0.1, 0.15) is 11.6 Å². The third-order valence-electron chi connectivity index (χ3n) is 4.82. The van der Waals surface area contributed by atoms with Crippen molar-refractivity contribution in [1.29, 1.82) is 0 Å². The van der Waals surface area contributed by atoms with Gasteiger partial charge in [0.15, 0.2) is 0 Å². The molecule has 11 heteroatoms. The number of fused-ring (bicyclic) bond motifs is 1. The van der Waals surface area contributed by atoms with Crippen molar-refractivity contribution in [2.24, 2.45) is 0 Å². The maximum absolute atomic E-state index is 13.9. The summed E-state index contributed by atoms with van der Waals surface area (Å²) in [5.74, 6) is -2.11. The Morgan fingerprint density at radius 2 is 1.79 bits per heavy atom. The van der Waals surface area contributed by atoms with Crippen LogP contribution in [0.3, 0.4) is 0 Å². The zero-order valence-corrected chi connectivity index (χ0v) is 18.6. The van der Waals surface area contributed by atoms with E-state index in [0.29, 0.717) is 15.6 Å². The van der Waals surface area contributed by atoms with Crippen LogP contribution in [0.25, 0.3) is 0 Å². The van der Waals surface area contributed by atoms with Crippen LogP contribution in [0.4, 0.5) is 23.2 Å². The minimum absolute atomic E-state index is 0.0517. The molecule has 0 fully saturated rings. The van der Waals surface area contributed by atoms with Crippen molar-refractivity contribution >= 4 is 45.0 Å². The molecular weight excluding hydrogens is 532 g/mol. The van der Waals surface area contributed by atoms with Crippen LogP contribution in [-0.2, 0) is 0 Å². The lowest BCUT2D eigenvalue weighted by atomic mass is 9.96. The van der Waals surface area contributed by atoms with E-state index in [1.54, 1.807) is 12.1 Å². The summed E-state index contributed by atoms with van der Waals surface area (Å²) < 4.78 is 55.2. The Kier molecular flexibility index (Phi) is 6.06. The molecule has 3 aromatic carbocycles. The highest BCUT2D eigenvalue weighted by Crippen LogP contribution is 2.41. The van der Waals surface area contributed by atoms with Gasteiger partial charge in [-0.1, -0.05) is 27.5 Å². The first-order valence-corrected chi connectivity index (χ1v) is 10.5. The molecule has 1 heterocycles. The zero-order valence-electron chi connectivity index (χ0n) is 16.3. The van der Waals surface area contributed by atoms with E-state index in [1.165, 1.54) is 30.3 Å². The highest BCUT2D eigenvalue weighted by molar-refractivity contribution is 9.10. The lowest BCUT2D eigenvalue weighted by Crippen LogP contribution is -2.21. The average Bonchev–Trinajstić information content (AvgIpc) is 3.05. The van der Waals surface area contributed by atoms with Crippen molar-refractivity contribution in [3.05, 3.63) is 92.2 Å². The first-order valence-electron chi connectivity index (χ1n) is 9.28. The SMILES string of the molecule is O=C(Nc1cc(Br)cc2c1C(c1cc(F)ccc1Cl)NC2=O)c1ccc(OC(F)(F)F)cc1. The van der Waals surface area contributed by atoms with Crippen molar-refractivity contribution in [1.82, 2.24) is 5.32 Å². The van der Waals surface area contributed by atoms with Crippen LogP contribution in [-0.4, -0.2) is 18.2 Å². The molecule has 0 bridgehead atoms. The van der Waals surface area contributed by atoms with E-state index in [9.17, 15) is 27.2 Å². The van der Waals surface area contributed by atoms with E-state index >= 15 is 0 Å². The standard InChI is InChI=1S/C22H12BrClF4N2O3/c23-11-7-15-18(19(30-21(15)32)14-9-12(25)3-6-16(14)24)17(8-11)29-20(31)10-1-4-13(5-2-10)33-22(26,27)28/h1-9,19H,(H,29,31)(H,30,32). The smallest absolute Gasteiger partial charge is 0.406 e. The molecule has 0 saturated carbocycles. The molecule has 0 saturated heterocycles. The molecule has 0 spiro atoms. The second-order valence-electron chi connectivity index (χ2n) is 7.01. The molecule has 1 atom stereocenters. The summed E-state index contributed by atoms with van der Waals surface area (Å²) in [7, 11) is 0. The van der Waals surface area contributed by atoms with Crippen molar-refractivity contribution in [2.45, 2.75) is 12.4 Å². The third kappa shape index (κ3) is 4.96. The van der Waals surface area contributed by atoms with Gasteiger partial charge in [-0.2, -0.15) is 0 Å². The maximum Gasteiger partial charge on any atom is 0.573 e. The first-order chi connectivity index (χ1) is 15.5. The minimum atomic E-state index is -4.85. The Bertz CT molecular complexity index is 1270. The molecule has 1 aliphatic heterocycles. The molecule has 2 N–H and O–H groups in total. The van der Waals surface area contributed by atoms with Gasteiger partial charge in [0.05, 0.1) is 6.04 Å². The largest absolute Gasteiger partial charge is 0.573 e. The highest BCUT2D eigenvalue weighted by atomic mass is 79.9. The van der Waals surface area contributed by atoms with Crippen molar-refractivity contribution in [3.63, 3.8) is 0 Å². The Labute approximate surface area is 197 Å². The van der Waals surface area contributed by atoms with Gasteiger partial charge >= 0.3 is 6.36 Å². The summed E-state index contributed by atoms with van der Waals surface area (Å²) in [6, 6.07) is 10.4. The summed E-state index contributed by atoms with van der Waals surface area (Å²) in [6.07, 6.45) is -4.85. The van der Waals surface area contributed by atoms with Crippen LogP contribution < -0.4 is 15.4 Å². The maximum atomic E-state index is 13.9. The number of hydrogen-bond donors (Lipinski definition) is 2. The highest BCUT2D eigenvalue weighted by Gasteiger charge is 2.35. The average molecular weight is 544 g/mol. The van der Waals surface area contributed by atoms with E-state index in [-0.39, 0.29) is 21.8 Å². The van der Waals surface area contributed by atoms with Crippen molar-refractivity contribution < 1.29 is 31.9 Å². The van der Waals surface area contributed by atoms with Crippen molar-refractivity contribution in [2.75, 3.05) is 5.32 Å². The van der Waals surface area contributed by atoms with Gasteiger partial charge in [-0.3, -0.25) is 9.59 Å². The molecule has 170 valence electrons. The van der Waals surface area contributed by atoms with Gasteiger partial charge in [0, 0.05) is 37.4 Å². The Hall–Kier alpha value is -3.11. The monoisotopic (exact) mass is 542 g/mol. The number of benzene rings is 3. The van der Waals surface area contributed by atoms with E-state index < -0.39 is 35.8 Å². The molecule has 5 nitrogen and oxygen atoms in total. The number of ether oxygens (including phenoxy) is 1. The number of carbonyl (C=O) groups is 2. The van der Waals surface area contributed by atoms with Crippen LogP contribution >= 0.6 is 27.5 Å². The van der Waals surface area contributed by atoms with Crippen LogP contribution in [0.5, 0.6) is 5.75 Å². The summed E-state index contributed by atoms with van der Waals surface area (Å²) in [6.45, 7) is 0. The Morgan fingerprint density at radius 3 is 2.45 bits per heavy atom. The molecule has 1 aliphatic rings. The van der Waals surface area contributed by atoms with E-state index in [0.717, 1.165) is 12.1 Å². The van der Waals surface area contributed by atoms with Crippen molar-refractivity contribution in [3.8, 4) is 5.75 Å². The Morgan fingerprint density at radius 1 is 1.09 bits per heavy atom. The lowest BCUT2D eigenvalue weighted by molar-refractivity contribution is -0.274. The summed E-state index contributed by atoms with van der Waals surface area (Å²) in [5.41, 5.74) is 1.22. The fourth-order valence-electron chi connectivity index (χ4n) is 3.47. The molecule has 0 aromatic heterocycles. The van der Waals surface area contributed by atoms with Gasteiger partial charge < -0.3 is 15.4 Å². The fraction of sp³-hybridized carbons (Fsp3) is 0.0909. The molecule has 0 radical (unpaired) electrons. The predicted molar refractivity (Wildman–Crippen MR) is 116 cm³/mol. The summed E-state index contributed by atoms with van der Waals surface area (Å²) >= 11 is 9.52. The number of rotatable bonds is 4. The molecule has 3 aromatic rings. The molecule has 1 unspecified atom stereocenters. The fourth-order valence-corrected chi connectivity index (χ4v) is 4.16. The van der Waals surface area contributed by atoms with Crippen LogP contribution in [0.1, 0.15) is 37.9 Å². The van der Waals surface area contributed by atoms with Crippen LogP contribution in [0.2, 0.25) is 5.02 Å². The molecule has 4 rings (SSSR count). The molecule has 0 aliphatic carbocycles. The van der Waals surface area contributed by atoms with Gasteiger partial charge in [0.2, 0.25) is 0 Å². The summed E-state index contributed by atoms with van der Waals surface area (Å²) in [5, 5.41) is 5.61. The van der Waals surface area contributed by atoms with Crippen LogP contribution in [0, 0.1) is 5.82 Å². The Balaban J connectivity index is 1.68. The molecule has 2 amide bonds. The number of anilines is 1. The van der Waals surface area contributed by atoms with Gasteiger partial charge in [-0.15, -0.1) is 13.2 Å². The first kappa shape index (κ1) is 23.1. The summed E-state index contributed by atoms with van der Waals surface area (Å²) in [4.78, 5) is 25.4. The number of hydrogen-bond acceptors (Lipinski definition) is 3. The topological polar surface area (TPSA) is 67.4 Å². The van der Waals surface area contributed by atoms with E-state index in [2.05, 4.69) is 31.3 Å². The second kappa shape index (κ2) is 8.68. The second-order valence-corrected chi connectivity index (χ2v) is 8.34. The normalized spacial score (nSPS) is 15.1. The third-order valence-corrected chi connectivity index (χ3v) is 5.62.